The molecule has 0 bridgehead atoms. The fourth-order valence-corrected chi connectivity index (χ4v) is 3.39. The third-order valence-corrected chi connectivity index (χ3v) is 4.47. The molecule has 0 aromatic carbocycles. The molecule has 1 fully saturated rings. The summed E-state index contributed by atoms with van der Waals surface area (Å²) in [5, 5.41) is 11.6. The van der Waals surface area contributed by atoms with Gasteiger partial charge in [-0.15, -0.1) is 5.10 Å². The highest BCUT2D eigenvalue weighted by Gasteiger charge is 2.30. The summed E-state index contributed by atoms with van der Waals surface area (Å²) in [4.78, 5) is 8.80. The Morgan fingerprint density at radius 3 is 3.05 bits per heavy atom. The molecule has 0 spiro atoms. The lowest BCUT2D eigenvalue weighted by Crippen LogP contribution is -2.38. The summed E-state index contributed by atoms with van der Waals surface area (Å²) in [7, 11) is 0. The van der Waals surface area contributed by atoms with Crippen LogP contribution in [-0.4, -0.2) is 39.4 Å². The molecule has 2 aliphatic rings. The molecule has 6 nitrogen and oxygen atoms in total. The van der Waals surface area contributed by atoms with Gasteiger partial charge in [-0.1, -0.05) is 0 Å². The van der Waals surface area contributed by atoms with E-state index in [1.165, 1.54) is 12.8 Å². The van der Waals surface area contributed by atoms with Crippen LogP contribution >= 0.6 is 0 Å². The van der Waals surface area contributed by atoms with Crippen LogP contribution in [0.4, 0.5) is 5.95 Å². The molecule has 2 N–H and O–H groups in total. The third kappa shape index (κ3) is 2.40. The molecular formula is C15H20N6. The number of anilines is 1. The van der Waals surface area contributed by atoms with Crippen molar-refractivity contribution in [3.8, 4) is 11.4 Å². The molecule has 2 atom stereocenters. The minimum atomic E-state index is 0.451. The number of fused-ring (bicyclic) bond motifs is 1. The maximum atomic E-state index is 4.75. The van der Waals surface area contributed by atoms with Crippen molar-refractivity contribution in [1.82, 2.24) is 25.1 Å². The lowest BCUT2D eigenvalue weighted by molar-refractivity contribution is 0.235. The second-order valence-corrected chi connectivity index (χ2v) is 5.83. The van der Waals surface area contributed by atoms with E-state index >= 15 is 0 Å². The number of pyridine rings is 1. The predicted molar refractivity (Wildman–Crippen MR) is 81.0 cm³/mol. The van der Waals surface area contributed by atoms with Crippen molar-refractivity contribution in [2.75, 3.05) is 25.0 Å². The van der Waals surface area contributed by atoms with E-state index in [1.807, 2.05) is 18.3 Å². The van der Waals surface area contributed by atoms with Gasteiger partial charge in [-0.3, -0.25) is 4.98 Å². The van der Waals surface area contributed by atoms with Crippen molar-refractivity contribution in [1.29, 1.82) is 0 Å². The molecule has 110 valence electrons. The lowest BCUT2D eigenvalue weighted by Gasteiger charge is -2.34. The zero-order chi connectivity index (χ0) is 14.1. The topological polar surface area (TPSA) is 67.7 Å². The third-order valence-electron chi connectivity index (χ3n) is 4.47. The second-order valence-electron chi connectivity index (χ2n) is 5.83. The van der Waals surface area contributed by atoms with Crippen LogP contribution in [0.3, 0.4) is 0 Å². The largest absolute Gasteiger partial charge is 0.354 e. The van der Waals surface area contributed by atoms with Gasteiger partial charge in [0.1, 0.15) is 0 Å². The Balaban J connectivity index is 1.66. The summed E-state index contributed by atoms with van der Waals surface area (Å²) >= 11 is 0. The molecule has 2 aliphatic heterocycles. The van der Waals surface area contributed by atoms with E-state index in [0.717, 1.165) is 43.4 Å². The Bertz CT molecular complexity index is 602. The van der Waals surface area contributed by atoms with Crippen LogP contribution in [0.15, 0.2) is 24.5 Å². The molecule has 6 heteroatoms. The van der Waals surface area contributed by atoms with E-state index < -0.39 is 0 Å². The molecular weight excluding hydrogens is 264 g/mol. The van der Waals surface area contributed by atoms with Gasteiger partial charge in [0.05, 0.1) is 6.04 Å². The number of nitrogens with one attached hydrogen (secondary N) is 2. The first kappa shape index (κ1) is 12.8. The summed E-state index contributed by atoms with van der Waals surface area (Å²) in [6, 6.07) is 4.38. The molecule has 4 rings (SSSR count). The Morgan fingerprint density at radius 1 is 1.24 bits per heavy atom. The minimum absolute atomic E-state index is 0.451. The van der Waals surface area contributed by atoms with Crippen molar-refractivity contribution >= 4 is 5.95 Å². The van der Waals surface area contributed by atoms with Crippen molar-refractivity contribution in [2.45, 2.75) is 25.3 Å². The number of hydrogen-bond acceptors (Lipinski definition) is 5. The predicted octanol–water partition coefficient (Wildman–Crippen LogP) is 1.70. The molecule has 0 amide bonds. The molecule has 21 heavy (non-hydrogen) atoms. The van der Waals surface area contributed by atoms with Gasteiger partial charge in [-0.2, -0.15) is 4.98 Å². The van der Waals surface area contributed by atoms with Gasteiger partial charge in [-0.25, -0.2) is 4.68 Å². The van der Waals surface area contributed by atoms with Crippen LogP contribution in [0.5, 0.6) is 0 Å². The highest BCUT2D eigenvalue weighted by molar-refractivity contribution is 5.55. The molecule has 2 unspecified atom stereocenters. The number of piperidine rings is 1. The van der Waals surface area contributed by atoms with Gasteiger partial charge in [0, 0.05) is 24.5 Å². The van der Waals surface area contributed by atoms with Crippen LogP contribution in [0.1, 0.15) is 25.3 Å². The number of aromatic nitrogens is 4. The molecule has 2 aromatic heterocycles. The second kappa shape index (κ2) is 5.44. The zero-order valence-corrected chi connectivity index (χ0v) is 12.0. The van der Waals surface area contributed by atoms with Crippen molar-refractivity contribution in [3.05, 3.63) is 24.5 Å². The van der Waals surface area contributed by atoms with Gasteiger partial charge in [0.25, 0.3) is 0 Å². The summed E-state index contributed by atoms with van der Waals surface area (Å²) in [6.45, 7) is 3.21. The first-order valence-corrected chi connectivity index (χ1v) is 7.73. The maximum Gasteiger partial charge on any atom is 0.221 e. The van der Waals surface area contributed by atoms with Gasteiger partial charge in [0.2, 0.25) is 5.95 Å². The highest BCUT2D eigenvalue weighted by Crippen LogP contribution is 2.33. The SMILES string of the molecule is c1cncc(-c2nc3n(n2)C(C2CCCNC2)CCN3)c1. The molecule has 4 heterocycles. The number of hydrogen-bond donors (Lipinski definition) is 2. The molecule has 2 aromatic rings. The zero-order valence-electron chi connectivity index (χ0n) is 12.0. The minimum Gasteiger partial charge on any atom is -0.354 e. The Labute approximate surface area is 124 Å². The van der Waals surface area contributed by atoms with E-state index in [2.05, 4.69) is 25.3 Å². The molecule has 0 saturated carbocycles. The van der Waals surface area contributed by atoms with Crippen LogP contribution in [0.25, 0.3) is 11.4 Å². The quantitative estimate of drug-likeness (QED) is 0.878. The van der Waals surface area contributed by atoms with Crippen molar-refractivity contribution in [3.63, 3.8) is 0 Å². The van der Waals surface area contributed by atoms with Gasteiger partial charge in [0.15, 0.2) is 5.82 Å². The van der Waals surface area contributed by atoms with Crippen molar-refractivity contribution < 1.29 is 0 Å². The van der Waals surface area contributed by atoms with Crippen LogP contribution in [0, 0.1) is 5.92 Å². The van der Waals surface area contributed by atoms with Crippen LogP contribution in [0.2, 0.25) is 0 Å². The summed E-state index contributed by atoms with van der Waals surface area (Å²) in [5.41, 5.74) is 0.974. The first-order valence-electron chi connectivity index (χ1n) is 7.73. The summed E-state index contributed by atoms with van der Waals surface area (Å²) in [6.07, 6.45) is 7.25. The monoisotopic (exact) mass is 284 g/mol. The normalized spacial score (nSPS) is 25.1. The van der Waals surface area contributed by atoms with E-state index in [1.54, 1.807) is 6.20 Å². The van der Waals surface area contributed by atoms with Crippen LogP contribution in [-0.2, 0) is 0 Å². The lowest BCUT2D eigenvalue weighted by atomic mass is 9.89. The van der Waals surface area contributed by atoms with Gasteiger partial charge >= 0.3 is 0 Å². The van der Waals surface area contributed by atoms with Crippen LogP contribution < -0.4 is 10.6 Å². The average Bonchev–Trinajstić information content (AvgIpc) is 3.00. The highest BCUT2D eigenvalue weighted by atomic mass is 15.4. The Hall–Kier alpha value is -1.95. The fraction of sp³-hybridized carbons (Fsp3) is 0.533. The number of nitrogens with zero attached hydrogens (tertiary/aromatic N) is 4. The Morgan fingerprint density at radius 2 is 2.24 bits per heavy atom. The smallest absolute Gasteiger partial charge is 0.221 e. The standard InChI is InChI=1S/C15H20N6/c1-3-11(9-16-6-1)13-5-8-18-15-19-14(20-21(13)15)12-4-2-7-17-10-12/h2,4,7,10-11,13,16H,1,3,5-6,8-9H2,(H,18,19,20). The summed E-state index contributed by atoms with van der Waals surface area (Å²) in [5.74, 6) is 2.32. The van der Waals surface area contributed by atoms with E-state index in [9.17, 15) is 0 Å². The summed E-state index contributed by atoms with van der Waals surface area (Å²) < 4.78 is 2.10. The van der Waals surface area contributed by atoms with E-state index in [-0.39, 0.29) is 0 Å². The Kier molecular flexibility index (Phi) is 3.31. The fourth-order valence-electron chi connectivity index (χ4n) is 3.39. The molecule has 1 saturated heterocycles. The van der Waals surface area contributed by atoms with E-state index in [0.29, 0.717) is 12.0 Å². The average molecular weight is 284 g/mol. The van der Waals surface area contributed by atoms with Gasteiger partial charge in [-0.05, 0) is 50.4 Å². The molecule has 0 aliphatic carbocycles. The maximum absolute atomic E-state index is 4.75. The molecule has 0 radical (unpaired) electrons. The van der Waals surface area contributed by atoms with Crippen molar-refractivity contribution in [2.24, 2.45) is 5.92 Å². The van der Waals surface area contributed by atoms with E-state index in [4.69, 9.17) is 5.10 Å². The first-order chi connectivity index (χ1) is 10.4. The van der Waals surface area contributed by atoms with Gasteiger partial charge < -0.3 is 10.6 Å². The number of rotatable bonds is 2.